The van der Waals surface area contributed by atoms with Gasteiger partial charge in [-0.25, -0.2) is 4.98 Å². The molecule has 1 N–H and O–H groups in total. The summed E-state index contributed by atoms with van der Waals surface area (Å²) in [7, 11) is 1.75. The van der Waals surface area contributed by atoms with Crippen LogP contribution in [0.5, 0.6) is 0 Å². The van der Waals surface area contributed by atoms with Crippen molar-refractivity contribution in [3.05, 3.63) is 72.8 Å². The van der Waals surface area contributed by atoms with E-state index in [4.69, 9.17) is 0 Å². The Bertz CT molecular complexity index is 1020. The molecule has 1 saturated heterocycles. The predicted octanol–water partition coefficient (Wildman–Crippen LogP) is 2.17. The van der Waals surface area contributed by atoms with Crippen LogP contribution < -0.4 is 10.2 Å². The molecule has 1 aliphatic heterocycles. The van der Waals surface area contributed by atoms with Crippen molar-refractivity contribution in [3.8, 4) is 11.1 Å². The molecule has 2 aromatic carbocycles. The van der Waals surface area contributed by atoms with E-state index in [1.807, 2.05) is 24.3 Å². The lowest BCUT2D eigenvalue weighted by Crippen LogP contribution is -2.51. The summed E-state index contributed by atoms with van der Waals surface area (Å²) in [6, 6.07) is 18.7. The van der Waals surface area contributed by atoms with E-state index < -0.39 is 0 Å². The summed E-state index contributed by atoms with van der Waals surface area (Å²) in [5.41, 5.74) is 3.56. The van der Waals surface area contributed by atoms with E-state index >= 15 is 0 Å². The Morgan fingerprint density at radius 2 is 1.67 bits per heavy atom. The third-order valence-electron chi connectivity index (χ3n) is 5.39. The van der Waals surface area contributed by atoms with E-state index in [1.54, 1.807) is 28.9 Å². The first-order valence-corrected chi connectivity index (χ1v) is 10.1. The van der Waals surface area contributed by atoms with Crippen LogP contribution in [-0.4, -0.2) is 59.0 Å². The van der Waals surface area contributed by atoms with Gasteiger partial charge in [-0.05, 0) is 11.6 Å². The number of amides is 2. The summed E-state index contributed by atoms with van der Waals surface area (Å²) >= 11 is 0. The summed E-state index contributed by atoms with van der Waals surface area (Å²) in [6.07, 6.45) is 3.26. The number of hydrogen-bond donors (Lipinski definition) is 1. The van der Waals surface area contributed by atoms with Crippen molar-refractivity contribution in [2.24, 2.45) is 7.05 Å². The quantitative estimate of drug-likeness (QED) is 0.709. The van der Waals surface area contributed by atoms with E-state index in [-0.39, 0.29) is 18.4 Å². The lowest BCUT2D eigenvalue weighted by atomic mass is 10.0. The summed E-state index contributed by atoms with van der Waals surface area (Å²) in [4.78, 5) is 32.8. The minimum Gasteiger partial charge on any atom is -0.367 e. The number of carbonyl (C=O) groups excluding carboxylic acids is 2. The lowest BCUT2D eigenvalue weighted by Gasteiger charge is -2.37. The number of aromatic nitrogens is 2. The fraction of sp³-hybridized carbons (Fsp3) is 0.261. The van der Waals surface area contributed by atoms with Gasteiger partial charge >= 0.3 is 0 Å². The van der Waals surface area contributed by atoms with E-state index in [0.29, 0.717) is 18.9 Å². The van der Waals surface area contributed by atoms with Crippen LogP contribution in [0.1, 0.15) is 10.6 Å². The minimum absolute atomic E-state index is 0.0215. The number of anilines is 1. The second-order valence-corrected chi connectivity index (χ2v) is 7.30. The fourth-order valence-corrected chi connectivity index (χ4v) is 3.74. The van der Waals surface area contributed by atoms with Crippen molar-refractivity contribution in [2.45, 2.75) is 0 Å². The molecular formula is C23H25N5O2. The molecular weight excluding hydrogens is 378 g/mol. The first-order valence-electron chi connectivity index (χ1n) is 10.1. The number of aryl methyl sites for hydroxylation is 1. The van der Waals surface area contributed by atoms with E-state index in [2.05, 4.69) is 45.5 Å². The zero-order valence-corrected chi connectivity index (χ0v) is 17.0. The van der Waals surface area contributed by atoms with Crippen LogP contribution in [0.4, 0.5) is 5.69 Å². The Labute approximate surface area is 175 Å². The van der Waals surface area contributed by atoms with Crippen molar-refractivity contribution in [3.63, 3.8) is 0 Å². The molecule has 0 bridgehead atoms. The molecule has 30 heavy (non-hydrogen) atoms. The average molecular weight is 403 g/mol. The van der Waals surface area contributed by atoms with Crippen LogP contribution in [0.3, 0.4) is 0 Å². The highest BCUT2D eigenvalue weighted by Crippen LogP contribution is 2.31. The van der Waals surface area contributed by atoms with Crippen LogP contribution in [0.15, 0.2) is 67.0 Å². The number of imidazole rings is 1. The number of benzene rings is 2. The summed E-state index contributed by atoms with van der Waals surface area (Å²) in [6.45, 7) is 2.73. The highest BCUT2D eigenvalue weighted by Gasteiger charge is 2.23. The van der Waals surface area contributed by atoms with E-state index in [0.717, 1.165) is 13.1 Å². The second-order valence-electron chi connectivity index (χ2n) is 7.30. The SMILES string of the molecule is Cn1ccnc1C(=O)NCC(=O)N1CCN(c2ccccc2-c2ccccc2)CC1. The highest BCUT2D eigenvalue weighted by atomic mass is 16.2. The number of nitrogens with one attached hydrogen (secondary N) is 1. The molecule has 3 aromatic rings. The second kappa shape index (κ2) is 8.82. The topological polar surface area (TPSA) is 70.5 Å². The van der Waals surface area contributed by atoms with Gasteiger partial charge in [0, 0.05) is 56.9 Å². The first kappa shape index (κ1) is 19.7. The molecule has 2 amide bonds. The molecule has 7 heteroatoms. The molecule has 1 aromatic heterocycles. The molecule has 0 spiro atoms. The molecule has 1 fully saturated rings. The van der Waals surface area contributed by atoms with Gasteiger partial charge in [0.1, 0.15) is 0 Å². The van der Waals surface area contributed by atoms with Gasteiger partial charge in [-0.3, -0.25) is 9.59 Å². The summed E-state index contributed by atoms with van der Waals surface area (Å²) < 4.78 is 1.63. The smallest absolute Gasteiger partial charge is 0.287 e. The highest BCUT2D eigenvalue weighted by molar-refractivity contribution is 5.93. The number of rotatable bonds is 5. The molecule has 0 atom stereocenters. The predicted molar refractivity (Wildman–Crippen MR) is 116 cm³/mol. The molecule has 0 saturated carbocycles. The first-order chi connectivity index (χ1) is 14.6. The van der Waals surface area contributed by atoms with Crippen LogP contribution >= 0.6 is 0 Å². The van der Waals surface area contributed by atoms with Gasteiger partial charge in [0.15, 0.2) is 5.82 Å². The van der Waals surface area contributed by atoms with E-state index in [1.165, 1.54) is 16.8 Å². The van der Waals surface area contributed by atoms with Crippen LogP contribution in [0.2, 0.25) is 0 Å². The van der Waals surface area contributed by atoms with Gasteiger partial charge in [-0.15, -0.1) is 0 Å². The molecule has 154 valence electrons. The summed E-state index contributed by atoms with van der Waals surface area (Å²) in [5.74, 6) is -0.120. The zero-order valence-electron chi connectivity index (χ0n) is 17.0. The van der Waals surface area contributed by atoms with Crippen molar-refractivity contribution >= 4 is 17.5 Å². The molecule has 7 nitrogen and oxygen atoms in total. The Balaban J connectivity index is 1.35. The van der Waals surface area contributed by atoms with Crippen LogP contribution in [-0.2, 0) is 11.8 Å². The monoisotopic (exact) mass is 403 g/mol. The number of piperazine rings is 1. The van der Waals surface area contributed by atoms with E-state index in [9.17, 15) is 9.59 Å². The van der Waals surface area contributed by atoms with Crippen molar-refractivity contribution < 1.29 is 9.59 Å². The van der Waals surface area contributed by atoms with Crippen molar-refractivity contribution in [1.82, 2.24) is 19.8 Å². The van der Waals surface area contributed by atoms with Crippen molar-refractivity contribution in [2.75, 3.05) is 37.6 Å². The third-order valence-corrected chi connectivity index (χ3v) is 5.39. The Kier molecular flexibility index (Phi) is 5.79. The van der Waals surface area contributed by atoms with Gasteiger partial charge in [-0.1, -0.05) is 48.5 Å². The van der Waals surface area contributed by atoms with Crippen molar-refractivity contribution in [1.29, 1.82) is 0 Å². The molecule has 1 aliphatic rings. The van der Waals surface area contributed by atoms with Crippen LogP contribution in [0.25, 0.3) is 11.1 Å². The largest absolute Gasteiger partial charge is 0.367 e. The maximum Gasteiger partial charge on any atom is 0.287 e. The normalized spacial score (nSPS) is 13.9. The standard InChI is InChI=1S/C23H25N5O2/c1-26-12-11-24-22(26)23(30)25-17-21(29)28-15-13-27(14-16-28)20-10-6-5-9-19(20)18-7-3-2-4-8-18/h2-12H,13-17H2,1H3,(H,25,30). The Morgan fingerprint density at radius 1 is 0.967 bits per heavy atom. The average Bonchev–Trinajstić information content (AvgIpc) is 3.24. The van der Waals surface area contributed by atoms with Gasteiger partial charge in [-0.2, -0.15) is 0 Å². The molecule has 0 unspecified atom stereocenters. The van der Waals surface area contributed by atoms with Gasteiger partial charge in [0.05, 0.1) is 6.54 Å². The summed E-state index contributed by atoms with van der Waals surface area (Å²) in [5, 5.41) is 2.67. The van der Waals surface area contributed by atoms with Gasteiger partial charge in [0.2, 0.25) is 5.91 Å². The zero-order chi connectivity index (χ0) is 20.9. The Morgan fingerprint density at radius 3 is 2.37 bits per heavy atom. The van der Waals surface area contributed by atoms with Gasteiger partial charge < -0.3 is 19.7 Å². The number of carbonyl (C=O) groups is 2. The molecule has 0 aliphatic carbocycles. The maximum atomic E-state index is 12.6. The molecule has 2 heterocycles. The van der Waals surface area contributed by atoms with Crippen LogP contribution in [0, 0.1) is 0 Å². The maximum absolute atomic E-state index is 12.6. The number of hydrogen-bond acceptors (Lipinski definition) is 4. The molecule has 0 radical (unpaired) electrons. The lowest BCUT2D eigenvalue weighted by molar-refractivity contribution is -0.130. The molecule has 4 rings (SSSR count). The van der Waals surface area contributed by atoms with Gasteiger partial charge in [0.25, 0.3) is 5.91 Å². The number of nitrogens with zero attached hydrogens (tertiary/aromatic N) is 4. The minimum atomic E-state index is -0.341. The fourth-order valence-electron chi connectivity index (χ4n) is 3.74. The third kappa shape index (κ3) is 4.20. The number of para-hydroxylation sites is 1. The Hall–Kier alpha value is -3.61.